The average molecular weight is 351 g/mol. The second kappa shape index (κ2) is 8.47. The van der Waals surface area contributed by atoms with Gasteiger partial charge in [0.05, 0.1) is 14.2 Å². The maximum atomic E-state index is 12.7. The van der Waals surface area contributed by atoms with Crippen LogP contribution in [0.2, 0.25) is 0 Å². The fraction of sp³-hybridized carbons (Fsp3) is 0.235. The summed E-state index contributed by atoms with van der Waals surface area (Å²) in [5.41, 5.74) is 2.04. The fourth-order valence-electron chi connectivity index (χ4n) is 1.87. The second-order valence-corrected chi connectivity index (χ2v) is 4.73. The Labute approximate surface area is 134 Å². The van der Waals surface area contributed by atoms with Crippen LogP contribution >= 0.6 is 15.9 Å². The predicted octanol–water partition coefficient (Wildman–Crippen LogP) is 4.47. The molecule has 0 fully saturated rings. The summed E-state index contributed by atoms with van der Waals surface area (Å²) >= 11 is 3.41. The van der Waals surface area contributed by atoms with Crippen LogP contribution < -0.4 is 9.47 Å². The quantitative estimate of drug-likeness (QED) is 0.315. The van der Waals surface area contributed by atoms with E-state index in [1.807, 2.05) is 13.0 Å². The smallest absolute Gasteiger partial charge is 0.193 e. The van der Waals surface area contributed by atoms with Crippen molar-refractivity contribution in [1.82, 2.24) is 0 Å². The van der Waals surface area contributed by atoms with Gasteiger partial charge in [0.15, 0.2) is 17.3 Å². The van der Waals surface area contributed by atoms with Crippen molar-refractivity contribution in [1.29, 1.82) is 0 Å². The highest BCUT2D eigenvalue weighted by Gasteiger charge is 2.17. The molecule has 4 heteroatoms. The van der Waals surface area contributed by atoms with Crippen molar-refractivity contribution in [3.05, 3.63) is 59.7 Å². The van der Waals surface area contributed by atoms with Crippen LogP contribution in [0.25, 0.3) is 0 Å². The van der Waals surface area contributed by atoms with Crippen LogP contribution in [-0.4, -0.2) is 20.0 Å². The molecular formula is C17H19BrO3. The zero-order valence-corrected chi connectivity index (χ0v) is 14.1. The molecule has 0 heterocycles. The Hall–Kier alpha value is -1.81. The van der Waals surface area contributed by atoms with E-state index in [0.717, 1.165) is 5.56 Å². The summed E-state index contributed by atoms with van der Waals surface area (Å²) in [6.07, 6.45) is 6.89. The molecule has 0 N–H and O–H groups in total. The summed E-state index contributed by atoms with van der Waals surface area (Å²) in [5.74, 6) is 1.08. The Kier molecular flexibility index (Phi) is 6.96. The van der Waals surface area contributed by atoms with Crippen molar-refractivity contribution in [2.24, 2.45) is 0 Å². The zero-order chi connectivity index (χ0) is 15.8. The first kappa shape index (κ1) is 17.2. The highest BCUT2D eigenvalue weighted by Crippen LogP contribution is 2.32. The van der Waals surface area contributed by atoms with Crippen LogP contribution in [0.15, 0.2) is 48.6 Å². The highest BCUT2D eigenvalue weighted by molar-refractivity contribution is 9.08. The number of carbonyl (C=O) groups is 1. The molecule has 0 atom stereocenters. The van der Waals surface area contributed by atoms with Crippen LogP contribution in [-0.2, 0) is 5.33 Å². The Bertz CT molecular complexity index is 586. The lowest BCUT2D eigenvalue weighted by molar-refractivity contribution is 0.103. The molecule has 0 aliphatic heterocycles. The summed E-state index contributed by atoms with van der Waals surface area (Å²) in [7, 11) is 3.12. The lowest BCUT2D eigenvalue weighted by atomic mass is 9.97. The molecule has 1 rings (SSSR count). The summed E-state index contributed by atoms with van der Waals surface area (Å²) in [6, 6.07) is 3.52. The van der Waals surface area contributed by atoms with Gasteiger partial charge in [-0.15, -0.1) is 0 Å². The van der Waals surface area contributed by atoms with Gasteiger partial charge in [-0.25, -0.2) is 0 Å². The normalized spacial score (nSPS) is 11.5. The number of methoxy groups -OCH3 is 2. The minimum absolute atomic E-state index is 0.0639. The lowest BCUT2D eigenvalue weighted by Gasteiger charge is -2.13. The second-order valence-electron chi connectivity index (χ2n) is 4.17. The van der Waals surface area contributed by atoms with Gasteiger partial charge in [-0.3, -0.25) is 4.79 Å². The van der Waals surface area contributed by atoms with E-state index < -0.39 is 0 Å². The maximum Gasteiger partial charge on any atom is 0.193 e. The minimum atomic E-state index is -0.0639. The van der Waals surface area contributed by atoms with Crippen LogP contribution in [0.3, 0.4) is 0 Å². The fourth-order valence-corrected chi connectivity index (χ4v) is 2.34. The zero-order valence-electron chi connectivity index (χ0n) is 12.5. The average Bonchev–Trinajstić information content (AvgIpc) is 2.53. The van der Waals surface area contributed by atoms with Gasteiger partial charge in [0.1, 0.15) is 0 Å². The van der Waals surface area contributed by atoms with Crippen molar-refractivity contribution in [3.8, 4) is 11.5 Å². The third-order valence-electron chi connectivity index (χ3n) is 2.98. The molecule has 21 heavy (non-hydrogen) atoms. The molecule has 0 aliphatic rings. The number of carbonyl (C=O) groups excluding carboxylic acids is 1. The molecule has 0 spiro atoms. The van der Waals surface area contributed by atoms with Crippen LogP contribution in [0.5, 0.6) is 11.5 Å². The first-order valence-corrected chi connectivity index (χ1v) is 7.56. The van der Waals surface area contributed by atoms with Crippen LogP contribution in [0.4, 0.5) is 0 Å². The van der Waals surface area contributed by atoms with Gasteiger partial charge in [0.2, 0.25) is 0 Å². The first-order valence-electron chi connectivity index (χ1n) is 6.43. The molecule has 0 amide bonds. The van der Waals surface area contributed by atoms with Gasteiger partial charge in [-0.1, -0.05) is 46.8 Å². The van der Waals surface area contributed by atoms with E-state index in [0.29, 0.717) is 28.0 Å². The summed E-state index contributed by atoms with van der Waals surface area (Å²) < 4.78 is 10.5. The standard InChI is InChI=1S/C17H19BrO3/c1-5-7-8-12(6-2)17(19)14-10-16(21-4)15(20-3)9-13(14)11-18/h5-10H,1,11H2,2-4H3/b8-7-,12-6+. The largest absolute Gasteiger partial charge is 0.493 e. The molecule has 0 aliphatic carbocycles. The predicted molar refractivity (Wildman–Crippen MR) is 89.6 cm³/mol. The molecule has 1 aromatic rings. The van der Waals surface area contributed by atoms with E-state index in [2.05, 4.69) is 22.5 Å². The molecule has 1 aromatic carbocycles. The van der Waals surface area contributed by atoms with Gasteiger partial charge in [0.25, 0.3) is 0 Å². The number of ketones is 1. The molecular weight excluding hydrogens is 332 g/mol. The number of rotatable bonds is 7. The summed E-state index contributed by atoms with van der Waals surface area (Å²) in [6.45, 7) is 5.44. The van der Waals surface area contributed by atoms with E-state index in [9.17, 15) is 4.79 Å². The Morgan fingerprint density at radius 1 is 1.29 bits per heavy atom. The number of ether oxygens (including phenoxy) is 2. The van der Waals surface area contributed by atoms with E-state index in [1.165, 1.54) is 0 Å². The Balaban J connectivity index is 3.37. The molecule has 0 aromatic heterocycles. The Morgan fingerprint density at radius 2 is 1.90 bits per heavy atom. The molecule has 0 saturated carbocycles. The molecule has 112 valence electrons. The van der Waals surface area contributed by atoms with E-state index in [4.69, 9.17) is 9.47 Å². The van der Waals surface area contributed by atoms with E-state index in [-0.39, 0.29) is 5.78 Å². The number of Topliss-reactive ketones (excluding diaryl/α,β-unsaturated/α-hetero) is 1. The van der Waals surface area contributed by atoms with Crippen molar-refractivity contribution in [2.45, 2.75) is 12.3 Å². The van der Waals surface area contributed by atoms with E-state index >= 15 is 0 Å². The number of allylic oxidation sites excluding steroid dienone is 5. The number of hydrogen-bond donors (Lipinski definition) is 0. The highest BCUT2D eigenvalue weighted by atomic mass is 79.9. The van der Waals surface area contributed by atoms with Gasteiger partial charge in [-0.2, -0.15) is 0 Å². The monoisotopic (exact) mass is 350 g/mol. The summed E-state index contributed by atoms with van der Waals surface area (Å²) in [4.78, 5) is 12.7. The van der Waals surface area contributed by atoms with Gasteiger partial charge < -0.3 is 9.47 Å². The number of benzene rings is 1. The van der Waals surface area contributed by atoms with Crippen molar-refractivity contribution in [2.75, 3.05) is 14.2 Å². The number of alkyl halides is 1. The van der Waals surface area contributed by atoms with E-state index in [1.54, 1.807) is 44.6 Å². The van der Waals surface area contributed by atoms with Crippen molar-refractivity contribution >= 4 is 21.7 Å². The Morgan fingerprint density at radius 3 is 2.38 bits per heavy atom. The molecule has 3 nitrogen and oxygen atoms in total. The number of hydrogen-bond acceptors (Lipinski definition) is 3. The molecule has 0 radical (unpaired) electrons. The molecule has 0 saturated heterocycles. The lowest BCUT2D eigenvalue weighted by Crippen LogP contribution is -2.06. The SMILES string of the molecule is C=C/C=C\C(=C/C)C(=O)c1cc(OC)c(OC)cc1CBr. The van der Waals surface area contributed by atoms with Crippen LogP contribution in [0.1, 0.15) is 22.8 Å². The molecule has 0 bridgehead atoms. The third-order valence-corrected chi connectivity index (χ3v) is 3.59. The first-order chi connectivity index (χ1) is 10.1. The van der Waals surface area contributed by atoms with Gasteiger partial charge >= 0.3 is 0 Å². The third kappa shape index (κ3) is 4.08. The minimum Gasteiger partial charge on any atom is -0.493 e. The van der Waals surface area contributed by atoms with Gasteiger partial charge in [-0.05, 0) is 24.6 Å². The van der Waals surface area contributed by atoms with Crippen LogP contribution in [0, 0.1) is 0 Å². The van der Waals surface area contributed by atoms with Crippen molar-refractivity contribution < 1.29 is 14.3 Å². The topological polar surface area (TPSA) is 35.5 Å². The number of halogens is 1. The van der Waals surface area contributed by atoms with Crippen molar-refractivity contribution in [3.63, 3.8) is 0 Å². The maximum absolute atomic E-state index is 12.7. The molecule has 0 unspecified atom stereocenters. The van der Waals surface area contributed by atoms with Gasteiger partial charge in [0, 0.05) is 16.5 Å². The summed E-state index contributed by atoms with van der Waals surface area (Å²) in [5, 5.41) is 0.552.